The van der Waals surface area contributed by atoms with Gasteiger partial charge in [-0.2, -0.15) is 0 Å². The standard InChI is InChI=1S/C17H17BrFNO2/c1-20(11-13-10-14(18)7-8-15(13)19)17(22)9-6-12-4-2-3-5-16(12)21/h2-5,7-8,10,21H,6,9,11H2,1H3. The van der Waals surface area contributed by atoms with Crippen LogP contribution in [0.3, 0.4) is 0 Å². The minimum Gasteiger partial charge on any atom is -0.508 e. The van der Waals surface area contributed by atoms with E-state index >= 15 is 0 Å². The first-order chi connectivity index (χ1) is 10.5. The Kier molecular flexibility index (Phi) is 5.55. The molecule has 2 rings (SSSR count). The number of halogens is 2. The van der Waals surface area contributed by atoms with Crippen LogP contribution in [-0.4, -0.2) is 23.0 Å². The van der Waals surface area contributed by atoms with E-state index in [9.17, 15) is 14.3 Å². The van der Waals surface area contributed by atoms with Gasteiger partial charge in [-0.25, -0.2) is 4.39 Å². The fourth-order valence-electron chi connectivity index (χ4n) is 2.16. The lowest BCUT2D eigenvalue weighted by molar-refractivity contribution is -0.130. The van der Waals surface area contributed by atoms with Gasteiger partial charge >= 0.3 is 0 Å². The lowest BCUT2D eigenvalue weighted by Gasteiger charge is -2.18. The molecule has 0 saturated carbocycles. The van der Waals surface area contributed by atoms with Crippen LogP contribution < -0.4 is 0 Å². The molecule has 2 aromatic carbocycles. The maximum absolute atomic E-state index is 13.7. The molecule has 0 aliphatic carbocycles. The van der Waals surface area contributed by atoms with E-state index in [0.29, 0.717) is 12.0 Å². The van der Waals surface area contributed by atoms with Crippen molar-refractivity contribution >= 4 is 21.8 Å². The highest BCUT2D eigenvalue weighted by atomic mass is 79.9. The molecule has 1 N–H and O–H groups in total. The van der Waals surface area contributed by atoms with Crippen LogP contribution in [0.15, 0.2) is 46.9 Å². The van der Waals surface area contributed by atoms with Gasteiger partial charge in [-0.1, -0.05) is 34.1 Å². The third-order valence-corrected chi connectivity index (χ3v) is 3.93. The van der Waals surface area contributed by atoms with Crippen LogP contribution in [0.25, 0.3) is 0 Å². The lowest BCUT2D eigenvalue weighted by atomic mass is 10.1. The number of para-hydroxylation sites is 1. The first kappa shape index (κ1) is 16.5. The Morgan fingerprint density at radius 1 is 1.23 bits per heavy atom. The normalized spacial score (nSPS) is 10.5. The van der Waals surface area contributed by atoms with E-state index in [4.69, 9.17) is 0 Å². The number of phenols is 1. The first-order valence-electron chi connectivity index (χ1n) is 6.92. The third kappa shape index (κ3) is 4.31. The van der Waals surface area contributed by atoms with Crippen molar-refractivity contribution in [2.45, 2.75) is 19.4 Å². The fourth-order valence-corrected chi connectivity index (χ4v) is 2.57. The molecule has 3 nitrogen and oxygen atoms in total. The Morgan fingerprint density at radius 2 is 1.95 bits per heavy atom. The quantitative estimate of drug-likeness (QED) is 0.873. The van der Waals surface area contributed by atoms with Crippen molar-refractivity contribution in [1.82, 2.24) is 4.90 Å². The second-order valence-corrected chi connectivity index (χ2v) is 6.03. The number of aryl methyl sites for hydroxylation is 1. The van der Waals surface area contributed by atoms with E-state index < -0.39 is 0 Å². The molecule has 5 heteroatoms. The predicted octanol–water partition coefficient (Wildman–Crippen LogP) is 3.89. The highest BCUT2D eigenvalue weighted by Gasteiger charge is 2.13. The summed E-state index contributed by atoms with van der Waals surface area (Å²) < 4.78 is 14.5. The summed E-state index contributed by atoms with van der Waals surface area (Å²) in [7, 11) is 1.65. The predicted molar refractivity (Wildman–Crippen MR) is 87.0 cm³/mol. The number of carbonyl (C=O) groups excluding carboxylic acids is 1. The second-order valence-electron chi connectivity index (χ2n) is 5.11. The average Bonchev–Trinajstić information content (AvgIpc) is 2.49. The van der Waals surface area contributed by atoms with Crippen molar-refractivity contribution in [3.8, 4) is 5.75 Å². The van der Waals surface area contributed by atoms with Crippen LogP contribution in [0.5, 0.6) is 5.75 Å². The number of phenolic OH excluding ortho intramolecular Hbond substituents is 1. The number of rotatable bonds is 5. The van der Waals surface area contributed by atoms with E-state index in [1.807, 2.05) is 6.07 Å². The van der Waals surface area contributed by atoms with Gasteiger partial charge in [0.1, 0.15) is 11.6 Å². The Labute approximate surface area is 137 Å². The van der Waals surface area contributed by atoms with Gasteiger partial charge in [0.2, 0.25) is 5.91 Å². The fraction of sp³-hybridized carbons (Fsp3) is 0.235. The van der Waals surface area contributed by atoms with Crippen LogP contribution >= 0.6 is 15.9 Å². The molecule has 0 heterocycles. The summed E-state index contributed by atoms with van der Waals surface area (Å²) in [6.07, 6.45) is 0.723. The van der Waals surface area contributed by atoms with Crippen LogP contribution in [0.1, 0.15) is 17.5 Å². The summed E-state index contributed by atoms with van der Waals surface area (Å²) in [6.45, 7) is 0.213. The maximum Gasteiger partial charge on any atom is 0.222 e. The van der Waals surface area contributed by atoms with Crippen LogP contribution in [0.2, 0.25) is 0 Å². The van der Waals surface area contributed by atoms with Crippen LogP contribution in [-0.2, 0) is 17.8 Å². The molecule has 0 aliphatic heterocycles. The summed E-state index contributed by atoms with van der Waals surface area (Å²) in [5, 5.41) is 9.68. The number of amides is 1. The van der Waals surface area contributed by atoms with Gasteiger partial charge in [-0.05, 0) is 36.2 Å². The topological polar surface area (TPSA) is 40.5 Å². The molecule has 0 unspecified atom stereocenters. The second kappa shape index (κ2) is 7.40. The van der Waals surface area contributed by atoms with Gasteiger partial charge < -0.3 is 10.0 Å². The van der Waals surface area contributed by atoms with E-state index in [2.05, 4.69) is 15.9 Å². The number of aromatic hydroxyl groups is 1. The summed E-state index contributed by atoms with van der Waals surface area (Å²) in [5.41, 5.74) is 1.20. The Bertz CT molecular complexity index is 675. The van der Waals surface area contributed by atoms with Gasteiger partial charge in [0.15, 0.2) is 0 Å². The van der Waals surface area contributed by atoms with Gasteiger partial charge in [-0.3, -0.25) is 4.79 Å². The van der Waals surface area contributed by atoms with Gasteiger partial charge in [0.05, 0.1) is 0 Å². The highest BCUT2D eigenvalue weighted by Crippen LogP contribution is 2.19. The number of carbonyl (C=O) groups is 1. The summed E-state index contributed by atoms with van der Waals surface area (Å²) in [6, 6.07) is 11.6. The third-order valence-electron chi connectivity index (χ3n) is 3.44. The summed E-state index contributed by atoms with van der Waals surface area (Å²) >= 11 is 3.29. The molecule has 0 aliphatic rings. The molecule has 22 heavy (non-hydrogen) atoms. The molecule has 0 atom stereocenters. The number of nitrogens with zero attached hydrogens (tertiary/aromatic N) is 1. The van der Waals surface area contributed by atoms with Crippen molar-refractivity contribution < 1.29 is 14.3 Å². The van der Waals surface area contributed by atoms with Crippen LogP contribution in [0, 0.1) is 5.82 Å². The van der Waals surface area contributed by atoms with E-state index in [1.54, 1.807) is 37.4 Å². The summed E-state index contributed by atoms with van der Waals surface area (Å²) in [4.78, 5) is 13.6. The minimum atomic E-state index is -0.330. The molecular formula is C17H17BrFNO2. The average molecular weight is 366 g/mol. The largest absolute Gasteiger partial charge is 0.508 e. The SMILES string of the molecule is CN(Cc1cc(Br)ccc1F)C(=O)CCc1ccccc1O. The van der Waals surface area contributed by atoms with Crippen molar-refractivity contribution in [1.29, 1.82) is 0 Å². The highest BCUT2D eigenvalue weighted by molar-refractivity contribution is 9.10. The van der Waals surface area contributed by atoms with Gasteiger partial charge in [-0.15, -0.1) is 0 Å². The van der Waals surface area contributed by atoms with Crippen molar-refractivity contribution in [3.05, 3.63) is 63.9 Å². The molecule has 0 bridgehead atoms. The summed E-state index contributed by atoms with van der Waals surface area (Å²) in [5.74, 6) is -0.234. The number of hydrogen-bond acceptors (Lipinski definition) is 2. The molecule has 0 radical (unpaired) electrons. The molecule has 0 saturated heterocycles. The Morgan fingerprint density at radius 3 is 2.68 bits per heavy atom. The van der Waals surface area contributed by atoms with Crippen molar-refractivity contribution in [3.63, 3.8) is 0 Å². The van der Waals surface area contributed by atoms with E-state index in [1.165, 1.54) is 11.0 Å². The zero-order chi connectivity index (χ0) is 16.1. The van der Waals surface area contributed by atoms with E-state index in [-0.39, 0.29) is 30.4 Å². The maximum atomic E-state index is 13.7. The molecule has 0 fully saturated rings. The molecule has 0 spiro atoms. The van der Waals surface area contributed by atoms with Crippen molar-refractivity contribution in [2.75, 3.05) is 7.05 Å². The molecular weight excluding hydrogens is 349 g/mol. The molecule has 0 aromatic heterocycles. The van der Waals surface area contributed by atoms with Crippen LogP contribution in [0.4, 0.5) is 4.39 Å². The lowest BCUT2D eigenvalue weighted by Crippen LogP contribution is -2.26. The number of benzene rings is 2. The molecule has 1 amide bonds. The Balaban J connectivity index is 1.95. The first-order valence-corrected chi connectivity index (χ1v) is 7.71. The zero-order valence-corrected chi connectivity index (χ0v) is 13.8. The molecule has 2 aromatic rings. The number of hydrogen-bond donors (Lipinski definition) is 1. The Hall–Kier alpha value is -1.88. The zero-order valence-electron chi connectivity index (χ0n) is 12.2. The van der Waals surface area contributed by atoms with E-state index in [0.717, 1.165) is 10.0 Å². The van der Waals surface area contributed by atoms with Gasteiger partial charge in [0, 0.05) is 30.0 Å². The smallest absolute Gasteiger partial charge is 0.222 e. The van der Waals surface area contributed by atoms with Crippen molar-refractivity contribution in [2.24, 2.45) is 0 Å². The monoisotopic (exact) mass is 365 g/mol. The van der Waals surface area contributed by atoms with Gasteiger partial charge in [0.25, 0.3) is 0 Å². The minimum absolute atomic E-state index is 0.0948. The molecule has 116 valence electrons.